The number of carboxylic acids is 1. The molecule has 5 aliphatic carbocycles. The highest BCUT2D eigenvalue weighted by Gasteiger charge is 2.66. The zero-order valence-electron chi connectivity index (χ0n) is 32.4. The summed E-state index contributed by atoms with van der Waals surface area (Å²) in [5, 5.41) is 10.3. The van der Waals surface area contributed by atoms with Gasteiger partial charge in [-0.2, -0.15) is 0 Å². The molecule has 274 valence electrons. The molecule has 0 spiro atoms. The van der Waals surface area contributed by atoms with Crippen LogP contribution >= 0.6 is 0 Å². The van der Waals surface area contributed by atoms with Gasteiger partial charge < -0.3 is 5.11 Å². The molecule has 0 amide bonds. The van der Waals surface area contributed by atoms with Gasteiger partial charge in [-0.15, -0.1) is 58.0 Å². The number of hydrogen-bond donors (Lipinski definition) is 1. The SMILES string of the molecule is C#C.C#C.C#C.C#C.C=CC.CC.CS(=O)c1ccc(C2=CC[C@@]3(C)C(CC[C@@]4(C)C5CC[C@@]6(C(=O)O)CCCC6[C@H]5CCC43)C2(C)C)cc1. The van der Waals surface area contributed by atoms with E-state index in [1.165, 1.54) is 36.8 Å². The van der Waals surface area contributed by atoms with Gasteiger partial charge in [-0.05, 0) is 134 Å². The van der Waals surface area contributed by atoms with Crippen LogP contribution in [0.1, 0.15) is 118 Å². The second-order valence-electron chi connectivity index (χ2n) is 14.9. The lowest BCUT2D eigenvalue weighted by Crippen LogP contribution is -2.61. The highest BCUT2D eigenvalue weighted by Crippen LogP contribution is 2.73. The summed E-state index contributed by atoms with van der Waals surface area (Å²) in [7, 11) is -0.947. The maximum atomic E-state index is 12.5. The number of allylic oxidation sites excluding steroid dienone is 3. The van der Waals surface area contributed by atoms with Crippen molar-refractivity contribution < 1.29 is 14.1 Å². The lowest BCUT2D eigenvalue weighted by atomic mass is 9.36. The normalized spacial score (nSPS) is 33.8. The molecule has 1 aromatic carbocycles. The highest BCUT2D eigenvalue weighted by molar-refractivity contribution is 7.84. The molecule has 3 nitrogen and oxygen atoms in total. The number of rotatable bonds is 3. The van der Waals surface area contributed by atoms with Gasteiger partial charge in [-0.3, -0.25) is 9.00 Å². The van der Waals surface area contributed by atoms with Gasteiger partial charge in [0.05, 0.1) is 5.41 Å². The number of fused-ring (bicyclic) bond motifs is 7. The lowest BCUT2D eigenvalue weighted by molar-refractivity contribution is -0.187. The molecule has 1 aromatic rings. The van der Waals surface area contributed by atoms with Gasteiger partial charge in [0.1, 0.15) is 0 Å². The molecular weight excluding hydrogens is 633 g/mol. The van der Waals surface area contributed by atoms with Crippen LogP contribution < -0.4 is 0 Å². The smallest absolute Gasteiger partial charge is 0.309 e. The van der Waals surface area contributed by atoms with Crippen LogP contribution in [0.5, 0.6) is 0 Å². The molecule has 0 bridgehead atoms. The summed E-state index contributed by atoms with van der Waals surface area (Å²) in [6.07, 6.45) is 49.4. The monoisotopic (exact) mass is 698 g/mol. The molecule has 6 rings (SSSR count). The molecule has 0 aromatic heterocycles. The van der Waals surface area contributed by atoms with Crippen LogP contribution in [0.2, 0.25) is 0 Å². The Balaban J connectivity index is 0.00000165. The van der Waals surface area contributed by atoms with Gasteiger partial charge in [0, 0.05) is 22.0 Å². The summed E-state index contributed by atoms with van der Waals surface area (Å²) in [4.78, 5) is 13.4. The molecule has 4 fully saturated rings. The maximum Gasteiger partial charge on any atom is 0.309 e. The van der Waals surface area contributed by atoms with Crippen molar-refractivity contribution in [3.8, 4) is 51.4 Å². The zero-order chi connectivity index (χ0) is 39.1. The first-order chi connectivity index (χ1) is 23.9. The first kappa shape index (κ1) is 46.6. The summed E-state index contributed by atoms with van der Waals surface area (Å²) < 4.78 is 11.9. The average molecular weight is 699 g/mol. The van der Waals surface area contributed by atoms with Gasteiger partial charge in [-0.1, -0.05) is 72.2 Å². The number of carboxylic acid groups (broad SMARTS) is 1. The molecule has 5 aliphatic rings. The summed E-state index contributed by atoms with van der Waals surface area (Å²) >= 11 is 0. The molecule has 0 radical (unpaired) electrons. The van der Waals surface area contributed by atoms with Crippen LogP contribution in [0.15, 0.2) is 47.9 Å². The van der Waals surface area contributed by atoms with E-state index in [2.05, 4.69) is 104 Å². The Labute approximate surface area is 310 Å². The first-order valence-corrected chi connectivity index (χ1v) is 19.7. The van der Waals surface area contributed by atoms with E-state index in [4.69, 9.17) is 0 Å². The predicted molar refractivity (Wildman–Crippen MR) is 217 cm³/mol. The molecule has 0 heterocycles. The fourth-order valence-electron chi connectivity index (χ4n) is 11.5. The minimum absolute atomic E-state index is 0.0918. The number of carbonyl (C=O) groups is 1. The van der Waals surface area contributed by atoms with E-state index in [9.17, 15) is 14.1 Å². The van der Waals surface area contributed by atoms with E-state index in [1.54, 1.807) is 12.3 Å². The second-order valence-corrected chi connectivity index (χ2v) is 16.3. The van der Waals surface area contributed by atoms with E-state index in [-0.39, 0.29) is 10.8 Å². The average Bonchev–Trinajstić information content (AvgIpc) is 3.59. The van der Waals surface area contributed by atoms with Crippen LogP contribution in [0.25, 0.3) is 5.57 Å². The standard InChI is InChI=1S/C33H46O3S.C3H6.C2H6.4C2H2/c1-30(2)24(21-8-10-22(11-9-21)37(5)36)14-18-32(4)27(30)16-19-31(3)25-15-20-33(29(34)35)17-6-7-26(33)23(25)12-13-28(31)32;1-3-2;5*1-2/h8-11,14,23,25-28H,6-7,12-13,15-20H2,1-5H3,(H,34,35);3H,1H2,2H3;1-2H3;4*1-2H/t23-,25?,26?,27?,28?,31-,32-,33-,37?;;;;;;/m0....../s1. The number of terminal acetylenes is 4. The first-order valence-electron chi connectivity index (χ1n) is 18.1. The van der Waals surface area contributed by atoms with Crippen LogP contribution in [0, 0.1) is 103 Å². The number of aliphatic carboxylic acids is 1. The van der Waals surface area contributed by atoms with Crippen molar-refractivity contribution in [2.45, 2.75) is 118 Å². The Morgan fingerprint density at radius 1 is 0.800 bits per heavy atom. The molecule has 50 heavy (non-hydrogen) atoms. The summed E-state index contributed by atoms with van der Waals surface area (Å²) in [5.41, 5.74) is 3.04. The molecule has 4 saturated carbocycles. The van der Waals surface area contributed by atoms with E-state index < -0.39 is 22.2 Å². The van der Waals surface area contributed by atoms with Gasteiger partial charge in [0.2, 0.25) is 0 Å². The lowest BCUT2D eigenvalue weighted by Gasteiger charge is -2.68. The predicted octanol–water partition coefficient (Wildman–Crippen LogP) is 11.2. The Morgan fingerprint density at radius 2 is 1.34 bits per heavy atom. The summed E-state index contributed by atoms with van der Waals surface area (Å²) in [6.45, 7) is 19.4. The molecule has 1 N–H and O–H groups in total. The Hall–Kier alpha value is -3.44. The Kier molecular flexibility index (Phi) is 19.0. The van der Waals surface area contributed by atoms with Gasteiger partial charge >= 0.3 is 5.97 Å². The topological polar surface area (TPSA) is 54.4 Å². The zero-order valence-corrected chi connectivity index (χ0v) is 33.2. The fraction of sp³-hybridized carbons (Fsp3) is 0.587. The highest BCUT2D eigenvalue weighted by atomic mass is 32.2. The fourth-order valence-corrected chi connectivity index (χ4v) is 12.0. The van der Waals surface area contributed by atoms with Crippen molar-refractivity contribution in [2.24, 2.45) is 51.2 Å². The van der Waals surface area contributed by atoms with Crippen molar-refractivity contribution in [3.63, 3.8) is 0 Å². The van der Waals surface area contributed by atoms with Crippen molar-refractivity contribution >= 4 is 22.3 Å². The minimum Gasteiger partial charge on any atom is -0.481 e. The molecule has 0 aliphatic heterocycles. The third-order valence-electron chi connectivity index (χ3n) is 13.0. The number of benzene rings is 1. The molecule has 0 saturated heterocycles. The number of hydrogen-bond acceptors (Lipinski definition) is 2. The van der Waals surface area contributed by atoms with Gasteiger partial charge in [-0.25, -0.2) is 0 Å². The van der Waals surface area contributed by atoms with Crippen LogP contribution in [0.3, 0.4) is 0 Å². The summed E-state index contributed by atoms with van der Waals surface area (Å²) in [5.74, 6) is 2.56. The Morgan fingerprint density at radius 3 is 1.84 bits per heavy atom. The van der Waals surface area contributed by atoms with E-state index in [1.807, 2.05) is 32.9 Å². The van der Waals surface area contributed by atoms with Gasteiger partial charge in [0.15, 0.2) is 0 Å². The quantitative estimate of drug-likeness (QED) is 0.253. The van der Waals surface area contributed by atoms with E-state index >= 15 is 0 Å². The van der Waals surface area contributed by atoms with Crippen LogP contribution in [-0.4, -0.2) is 21.5 Å². The Bertz CT molecular complexity index is 1350. The van der Waals surface area contributed by atoms with Crippen molar-refractivity contribution in [1.82, 2.24) is 0 Å². The van der Waals surface area contributed by atoms with Crippen molar-refractivity contribution in [2.75, 3.05) is 6.26 Å². The van der Waals surface area contributed by atoms with Crippen molar-refractivity contribution in [1.29, 1.82) is 0 Å². The van der Waals surface area contributed by atoms with E-state index in [0.29, 0.717) is 35.0 Å². The third-order valence-corrected chi connectivity index (χ3v) is 13.9. The van der Waals surface area contributed by atoms with E-state index in [0.717, 1.165) is 43.4 Å². The molecular formula is C46H66O3S. The molecule has 4 heteroatoms. The van der Waals surface area contributed by atoms with Gasteiger partial charge in [0.25, 0.3) is 0 Å². The molecule has 9 atom stereocenters. The summed E-state index contributed by atoms with van der Waals surface area (Å²) in [6, 6.07) is 8.45. The van der Waals surface area contributed by atoms with Crippen molar-refractivity contribution in [3.05, 3.63) is 48.6 Å². The third kappa shape index (κ3) is 8.36. The van der Waals surface area contributed by atoms with Crippen LogP contribution in [-0.2, 0) is 15.6 Å². The minimum atomic E-state index is -0.947. The molecule has 5 unspecified atom stereocenters. The largest absolute Gasteiger partial charge is 0.481 e. The second kappa shape index (κ2) is 20.4. The maximum absolute atomic E-state index is 12.5. The van der Waals surface area contributed by atoms with Crippen LogP contribution in [0.4, 0.5) is 0 Å².